The molecule has 0 aromatic carbocycles. The Morgan fingerprint density at radius 1 is 1.12 bits per heavy atom. The van der Waals surface area contributed by atoms with Gasteiger partial charge in [-0.15, -0.1) is 11.3 Å². The molecule has 0 saturated heterocycles. The molecule has 0 atom stereocenters. The first-order valence-corrected chi connectivity index (χ1v) is 9.47. The third kappa shape index (κ3) is 3.96. The van der Waals surface area contributed by atoms with E-state index >= 15 is 0 Å². The number of hydrogen-bond acceptors (Lipinski definition) is 2. The Morgan fingerprint density at radius 2 is 1.83 bits per heavy atom. The van der Waals surface area contributed by atoms with Crippen LogP contribution in [-0.2, 0) is 0 Å². The molecule has 3 heteroatoms. The molecule has 24 heavy (non-hydrogen) atoms. The third-order valence-electron chi connectivity index (χ3n) is 4.17. The fourth-order valence-corrected chi connectivity index (χ4v) is 4.02. The number of rotatable bonds is 4. The Balaban J connectivity index is 0.000000174. The van der Waals surface area contributed by atoms with Gasteiger partial charge in [-0.05, 0) is 46.9 Å². The number of hydrogen-bond donors (Lipinski definition) is 0. The SMILES string of the molecule is C=Cc1ncc(C(C)C)n1C=C.CC(C)c1csc2c1=CCCC=2. The number of fused-ring (bicyclic) bond motifs is 1. The quantitative estimate of drug-likeness (QED) is 0.768. The van der Waals surface area contributed by atoms with Gasteiger partial charge >= 0.3 is 0 Å². The molecule has 2 nitrogen and oxygen atoms in total. The Labute approximate surface area is 149 Å². The van der Waals surface area contributed by atoms with Crippen molar-refractivity contribution in [2.24, 2.45) is 0 Å². The van der Waals surface area contributed by atoms with E-state index < -0.39 is 0 Å². The van der Waals surface area contributed by atoms with Gasteiger partial charge in [0.1, 0.15) is 5.82 Å². The first kappa shape index (κ1) is 18.5. The zero-order chi connectivity index (χ0) is 17.7. The van der Waals surface area contributed by atoms with Gasteiger partial charge in [0.2, 0.25) is 0 Å². The van der Waals surface area contributed by atoms with Crippen molar-refractivity contribution in [2.45, 2.75) is 52.4 Å². The van der Waals surface area contributed by atoms with Gasteiger partial charge in [-0.2, -0.15) is 0 Å². The lowest BCUT2D eigenvalue weighted by Gasteiger charge is -2.06. The van der Waals surface area contributed by atoms with Crippen LogP contribution in [0, 0.1) is 0 Å². The minimum atomic E-state index is 0.462. The van der Waals surface area contributed by atoms with Crippen molar-refractivity contribution < 1.29 is 0 Å². The minimum Gasteiger partial charge on any atom is -0.304 e. The summed E-state index contributed by atoms with van der Waals surface area (Å²) < 4.78 is 3.45. The highest BCUT2D eigenvalue weighted by Crippen LogP contribution is 2.16. The largest absolute Gasteiger partial charge is 0.304 e. The summed E-state index contributed by atoms with van der Waals surface area (Å²) in [6, 6.07) is 0. The van der Waals surface area contributed by atoms with Crippen molar-refractivity contribution in [3.63, 3.8) is 0 Å². The molecule has 0 spiro atoms. The van der Waals surface area contributed by atoms with Gasteiger partial charge in [-0.1, -0.05) is 53.0 Å². The van der Waals surface area contributed by atoms with Gasteiger partial charge in [0.05, 0.1) is 0 Å². The average molecular weight is 341 g/mol. The van der Waals surface area contributed by atoms with E-state index in [4.69, 9.17) is 0 Å². The lowest BCUT2D eigenvalue weighted by Crippen LogP contribution is -2.24. The molecule has 0 unspecified atom stereocenters. The van der Waals surface area contributed by atoms with Crippen LogP contribution in [-0.4, -0.2) is 9.55 Å². The summed E-state index contributed by atoms with van der Waals surface area (Å²) in [5.74, 6) is 1.99. The molecule has 0 radical (unpaired) electrons. The topological polar surface area (TPSA) is 17.8 Å². The highest BCUT2D eigenvalue weighted by Gasteiger charge is 2.07. The second kappa shape index (κ2) is 8.29. The first-order valence-electron chi connectivity index (χ1n) is 8.59. The van der Waals surface area contributed by atoms with E-state index in [2.05, 4.69) is 63.4 Å². The van der Waals surface area contributed by atoms with Crippen LogP contribution >= 0.6 is 11.3 Å². The molecule has 0 bridgehead atoms. The smallest absolute Gasteiger partial charge is 0.136 e. The second-order valence-electron chi connectivity index (χ2n) is 6.56. The number of thiophene rings is 1. The maximum absolute atomic E-state index is 4.20. The summed E-state index contributed by atoms with van der Waals surface area (Å²) in [6.07, 6.45) is 12.6. The van der Waals surface area contributed by atoms with Gasteiger partial charge in [0.25, 0.3) is 0 Å². The molecule has 128 valence electrons. The van der Waals surface area contributed by atoms with Gasteiger partial charge in [0, 0.05) is 22.6 Å². The molecule has 2 aromatic heterocycles. The number of aromatic nitrogens is 2. The van der Waals surface area contributed by atoms with Gasteiger partial charge in [0.15, 0.2) is 0 Å². The summed E-state index contributed by atoms with van der Waals surface area (Å²) in [5.41, 5.74) is 2.70. The maximum atomic E-state index is 4.20. The standard InChI is InChI=1S/C11H14S.C10H14N2/c1-8(2)10-7-12-11-6-4-3-5-9(10)11;1-5-10-11-7-9(8(3)4)12(10)6-2/h5-8H,3-4H2,1-2H3;5-8H,1-2H2,3-4H3. The number of imidazole rings is 1. The zero-order valence-electron chi connectivity index (χ0n) is 15.2. The summed E-state index contributed by atoms with van der Waals surface area (Å²) >= 11 is 1.89. The highest BCUT2D eigenvalue weighted by atomic mass is 32.1. The minimum absolute atomic E-state index is 0.462. The van der Waals surface area contributed by atoms with Crippen LogP contribution in [0.2, 0.25) is 0 Å². The van der Waals surface area contributed by atoms with Gasteiger partial charge in [-0.3, -0.25) is 0 Å². The molecule has 0 saturated carbocycles. The lowest BCUT2D eigenvalue weighted by atomic mass is 10.0. The lowest BCUT2D eigenvalue weighted by molar-refractivity contribution is 0.800. The van der Waals surface area contributed by atoms with E-state index in [1.54, 1.807) is 12.3 Å². The Hall–Kier alpha value is -1.87. The summed E-state index contributed by atoms with van der Waals surface area (Å²) in [7, 11) is 0. The van der Waals surface area contributed by atoms with E-state index in [0.717, 1.165) is 5.82 Å². The first-order chi connectivity index (χ1) is 11.5. The Bertz CT molecular complexity index is 819. The molecular formula is C21H28N2S. The number of nitrogens with zero attached hydrogens (tertiary/aromatic N) is 2. The van der Waals surface area contributed by atoms with Crippen LogP contribution in [0.1, 0.15) is 69.5 Å². The van der Waals surface area contributed by atoms with E-state index in [1.165, 1.54) is 33.9 Å². The molecule has 0 fully saturated rings. The van der Waals surface area contributed by atoms with Gasteiger partial charge in [-0.25, -0.2) is 4.98 Å². The molecule has 0 N–H and O–H groups in total. The molecule has 3 rings (SSSR count). The summed E-state index contributed by atoms with van der Waals surface area (Å²) in [6.45, 7) is 16.2. The Kier molecular flexibility index (Phi) is 6.38. The fraction of sp³-hybridized carbons (Fsp3) is 0.381. The molecule has 2 heterocycles. The van der Waals surface area contributed by atoms with E-state index in [9.17, 15) is 0 Å². The molecule has 2 aromatic rings. The van der Waals surface area contributed by atoms with Crippen LogP contribution in [0.15, 0.2) is 24.7 Å². The van der Waals surface area contributed by atoms with Gasteiger partial charge < -0.3 is 4.57 Å². The van der Waals surface area contributed by atoms with Crippen molar-refractivity contribution in [1.82, 2.24) is 9.55 Å². The zero-order valence-corrected chi connectivity index (χ0v) is 16.1. The van der Waals surface area contributed by atoms with Crippen molar-refractivity contribution >= 4 is 35.8 Å². The van der Waals surface area contributed by atoms with Crippen LogP contribution in [0.4, 0.5) is 0 Å². The van der Waals surface area contributed by atoms with Crippen LogP contribution in [0.25, 0.3) is 24.4 Å². The Morgan fingerprint density at radius 3 is 2.42 bits per heavy atom. The van der Waals surface area contributed by atoms with E-state index in [-0.39, 0.29) is 0 Å². The van der Waals surface area contributed by atoms with Crippen LogP contribution in [0.3, 0.4) is 0 Å². The predicted octanol–water partition coefficient (Wildman–Crippen LogP) is 4.98. The van der Waals surface area contributed by atoms with Crippen LogP contribution in [0.5, 0.6) is 0 Å². The van der Waals surface area contributed by atoms with Crippen molar-refractivity contribution in [3.8, 4) is 0 Å². The monoisotopic (exact) mass is 340 g/mol. The average Bonchev–Trinajstić information content (AvgIpc) is 3.18. The van der Waals surface area contributed by atoms with E-state index in [1.807, 2.05) is 22.1 Å². The fourth-order valence-electron chi connectivity index (χ4n) is 2.83. The van der Waals surface area contributed by atoms with Crippen molar-refractivity contribution in [1.29, 1.82) is 0 Å². The molecular weight excluding hydrogens is 312 g/mol. The normalized spacial score (nSPS) is 12.8. The predicted molar refractivity (Wildman–Crippen MR) is 109 cm³/mol. The second-order valence-corrected chi connectivity index (χ2v) is 7.47. The summed E-state index contributed by atoms with van der Waals surface area (Å²) in [4.78, 5) is 4.20. The van der Waals surface area contributed by atoms with Crippen molar-refractivity contribution in [2.75, 3.05) is 0 Å². The third-order valence-corrected chi connectivity index (χ3v) is 5.18. The highest BCUT2D eigenvalue weighted by molar-refractivity contribution is 7.07. The van der Waals surface area contributed by atoms with E-state index in [0.29, 0.717) is 11.8 Å². The molecule has 1 aliphatic rings. The molecule has 0 aliphatic heterocycles. The van der Waals surface area contributed by atoms with Crippen molar-refractivity contribution in [3.05, 3.63) is 51.6 Å². The van der Waals surface area contributed by atoms with Crippen LogP contribution < -0.4 is 9.75 Å². The maximum Gasteiger partial charge on any atom is 0.136 e. The summed E-state index contributed by atoms with van der Waals surface area (Å²) in [5, 5.41) is 3.83. The molecule has 0 amide bonds. The molecule has 1 aliphatic carbocycles.